The van der Waals surface area contributed by atoms with Gasteiger partial charge in [-0.1, -0.05) is 0 Å². The highest BCUT2D eigenvalue weighted by Gasteiger charge is 2.12. The third-order valence-electron chi connectivity index (χ3n) is 2.70. The Bertz CT molecular complexity index is 344. The monoisotopic (exact) mass is 300 g/mol. The van der Waals surface area contributed by atoms with Crippen LogP contribution in [0.3, 0.4) is 0 Å². The molecule has 2 heterocycles. The smallest absolute Gasteiger partial charge is 0.143 e. The lowest BCUT2D eigenvalue weighted by Crippen LogP contribution is -2.33. The number of nitrogens with one attached hydrogen (secondary N) is 2. The molecule has 0 atom stereocenters. The number of piperidine rings is 1. The predicted octanol–water partition coefficient (Wildman–Crippen LogP) is 1.42. The molecule has 1 aromatic rings. The molecule has 94 valence electrons. The van der Waals surface area contributed by atoms with E-state index in [1.165, 1.54) is 6.33 Å². The van der Waals surface area contributed by atoms with E-state index in [9.17, 15) is 0 Å². The molecule has 1 aromatic heterocycles. The lowest BCUT2D eigenvalue weighted by molar-refractivity contribution is 0.0394. The molecule has 0 bridgehead atoms. The number of hydrogen-bond acceptors (Lipinski definition) is 5. The highest BCUT2D eigenvalue weighted by Crippen LogP contribution is 2.16. The fourth-order valence-corrected chi connectivity index (χ4v) is 2.16. The molecule has 6 heteroatoms. The zero-order valence-electron chi connectivity index (χ0n) is 9.66. The van der Waals surface area contributed by atoms with Crippen LogP contribution in [0.25, 0.3) is 0 Å². The van der Waals surface area contributed by atoms with Crippen LogP contribution in [0.4, 0.5) is 5.82 Å². The average Bonchev–Trinajstić information content (AvgIpc) is 2.38. The van der Waals surface area contributed by atoms with Gasteiger partial charge in [-0.05, 0) is 41.9 Å². The van der Waals surface area contributed by atoms with Crippen LogP contribution in [0.15, 0.2) is 17.0 Å². The molecule has 0 spiro atoms. The fraction of sp³-hybridized carbons (Fsp3) is 0.636. The second-order valence-electron chi connectivity index (χ2n) is 3.97. The third-order valence-corrected chi connectivity index (χ3v) is 3.28. The van der Waals surface area contributed by atoms with Gasteiger partial charge in [0.25, 0.3) is 0 Å². The third kappa shape index (κ3) is 4.22. The molecule has 1 aliphatic rings. The van der Waals surface area contributed by atoms with Crippen LogP contribution in [0.5, 0.6) is 0 Å². The summed E-state index contributed by atoms with van der Waals surface area (Å²) < 4.78 is 6.66. The minimum atomic E-state index is 0.409. The van der Waals surface area contributed by atoms with Crippen molar-refractivity contribution in [2.24, 2.45) is 0 Å². The first kappa shape index (κ1) is 12.7. The highest BCUT2D eigenvalue weighted by atomic mass is 79.9. The van der Waals surface area contributed by atoms with Crippen LogP contribution >= 0.6 is 15.9 Å². The standard InChI is InChI=1S/C11H17BrN4O/c12-10-7-14-8-16-11(10)15-5-6-17-9-1-3-13-4-2-9/h7-9,13H,1-6H2,(H,14,15,16). The number of anilines is 1. The van der Waals surface area contributed by atoms with Gasteiger partial charge in [0, 0.05) is 12.7 Å². The minimum absolute atomic E-state index is 0.409. The Hall–Kier alpha value is -0.720. The van der Waals surface area contributed by atoms with Crippen molar-refractivity contribution >= 4 is 21.7 Å². The van der Waals surface area contributed by atoms with Crippen LogP contribution in [0.2, 0.25) is 0 Å². The highest BCUT2D eigenvalue weighted by molar-refractivity contribution is 9.10. The van der Waals surface area contributed by atoms with E-state index in [2.05, 4.69) is 36.5 Å². The van der Waals surface area contributed by atoms with Gasteiger partial charge >= 0.3 is 0 Å². The second-order valence-corrected chi connectivity index (χ2v) is 4.82. The summed E-state index contributed by atoms with van der Waals surface area (Å²) in [6, 6.07) is 0. The van der Waals surface area contributed by atoms with E-state index >= 15 is 0 Å². The van der Waals surface area contributed by atoms with Gasteiger partial charge in [0.1, 0.15) is 12.1 Å². The Morgan fingerprint density at radius 2 is 2.29 bits per heavy atom. The van der Waals surface area contributed by atoms with Crippen molar-refractivity contribution in [2.45, 2.75) is 18.9 Å². The lowest BCUT2D eigenvalue weighted by Gasteiger charge is -2.23. The lowest BCUT2D eigenvalue weighted by atomic mass is 10.1. The molecule has 0 radical (unpaired) electrons. The number of halogens is 1. The zero-order chi connectivity index (χ0) is 11.9. The first-order valence-electron chi connectivity index (χ1n) is 5.88. The molecule has 0 aromatic carbocycles. The maximum atomic E-state index is 5.78. The van der Waals surface area contributed by atoms with Gasteiger partial charge in [0.15, 0.2) is 0 Å². The fourth-order valence-electron chi connectivity index (χ4n) is 1.80. The van der Waals surface area contributed by atoms with Crippen molar-refractivity contribution in [1.82, 2.24) is 15.3 Å². The van der Waals surface area contributed by atoms with Gasteiger partial charge in [0.05, 0.1) is 17.2 Å². The Morgan fingerprint density at radius 3 is 3.06 bits per heavy atom. The molecule has 0 aliphatic carbocycles. The molecule has 17 heavy (non-hydrogen) atoms. The molecule has 2 N–H and O–H groups in total. The van der Waals surface area contributed by atoms with Crippen LogP contribution in [0.1, 0.15) is 12.8 Å². The van der Waals surface area contributed by atoms with E-state index in [1.807, 2.05) is 0 Å². The summed E-state index contributed by atoms with van der Waals surface area (Å²) in [7, 11) is 0. The van der Waals surface area contributed by atoms with E-state index in [0.29, 0.717) is 12.7 Å². The summed E-state index contributed by atoms with van der Waals surface area (Å²) >= 11 is 3.39. The summed E-state index contributed by atoms with van der Waals surface area (Å²) in [5, 5.41) is 6.53. The molecule has 0 unspecified atom stereocenters. The van der Waals surface area contributed by atoms with Crippen LogP contribution in [-0.2, 0) is 4.74 Å². The maximum absolute atomic E-state index is 5.78. The van der Waals surface area contributed by atoms with Crippen LogP contribution in [0, 0.1) is 0 Å². The molecular formula is C11H17BrN4O. The number of rotatable bonds is 5. The van der Waals surface area contributed by atoms with Crippen molar-refractivity contribution in [3.05, 3.63) is 17.0 Å². The van der Waals surface area contributed by atoms with Crippen molar-refractivity contribution < 1.29 is 4.74 Å². The van der Waals surface area contributed by atoms with Crippen molar-refractivity contribution in [2.75, 3.05) is 31.6 Å². The summed E-state index contributed by atoms with van der Waals surface area (Å²) in [5.41, 5.74) is 0. The molecule has 1 saturated heterocycles. The Labute approximate surface area is 110 Å². The molecule has 1 aliphatic heterocycles. The van der Waals surface area contributed by atoms with Crippen molar-refractivity contribution in [3.8, 4) is 0 Å². The van der Waals surface area contributed by atoms with E-state index in [1.54, 1.807) is 6.20 Å². The number of aromatic nitrogens is 2. The SMILES string of the molecule is Brc1cncnc1NCCOC1CCNCC1. The number of ether oxygens (including phenoxy) is 1. The van der Waals surface area contributed by atoms with Gasteiger partial charge in [-0.2, -0.15) is 0 Å². The zero-order valence-corrected chi connectivity index (χ0v) is 11.2. The summed E-state index contributed by atoms with van der Waals surface area (Å²) in [6.07, 6.45) is 5.88. The van der Waals surface area contributed by atoms with Crippen molar-refractivity contribution in [3.63, 3.8) is 0 Å². The van der Waals surface area contributed by atoms with Crippen molar-refractivity contribution in [1.29, 1.82) is 0 Å². The normalized spacial score (nSPS) is 17.0. The number of nitrogens with zero attached hydrogens (tertiary/aromatic N) is 2. The molecule has 0 amide bonds. The first-order chi connectivity index (χ1) is 8.36. The topological polar surface area (TPSA) is 59.1 Å². The molecular weight excluding hydrogens is 284 g/mol. The molecule has 1 fully saturated rings. The molecule has 2 rings (SSSR count). The van der Waals surface area contributed by atoms with E-state index in [4.69, 9.17) is 4.74 Å². The predicted molar refractivity (Wildman–Crippen MR) is 70.1 cm³/mol. The summed E-state index contributed by atoms with van der Waals surface area (Å²) in [5.74, 6) is 0.814. The van der Waals surface area contributed by atoms with Gasteiger partial charge < -0.3 is 15.4 Å². The minimum Gasteiger partial charge on any atom is -0.376 e. The maximum Gasteiger partial charge on any atom is 0.143 e. The molecule has 5 nitrogen and oxygen atoms in total. The van der Waals surface area contributed by atoms with Gasteiger partial charge in [0.2, 0.25) is 0 Å². The first-order valence-corrected chi connectivity index (χ1v) is 6.67. The van der Waals surface area contributed by atoms with Gasteiger partial charge in [-0.3, -0.25) is 0 Å². The van der Waals surface area contributed by atoms with Gasteiger partial charge in [-0.15, -0.1) is 0 Å². The molecule has 0 saturated carbocycles. The summed E-state index contributed by atoms with van der Waals surface area (Å²) in [4.78, 5) is 8.04. The van der Waals surface area contributed by atoms with E-state index < -0.39 is 0 Å². The Kier molecular flexibility index (Phi) is 5.15. The quantitative estimate of drug-likeness (QED) is 0.806. The second kappa shape index (κ2) is 6.88. The van der Waals surface area contributed by atoms with Crippen LogP contribution in [-0.4, -0.2) is 42.3 Å². The Balaban J connectivity index is 1.64. The van der Waals surface area contributed by atoms with Gasteiger partial charge in [-0.25, -0.2) is 9.97 Å². The largest absolute Gasteiger partial charge is 0.376 e. The average molecular weight is 301 g/mol. The van der Waals surface area contributed by atoms with E-state index in [0.717, 1.165) is 42.8 Å². The van der Waals surface area contributed by atoms with Crippen LogP contribution < -0.4 is 10.6 Å². The number of hydrogen-bond donors (Lipinski definition) is 2. The van der Waals surface area contributed by atoms with E-state index in [-0.39, 0.29) is 0 Å². The summed E-state index contributed by atoms with van der Waals surface area (Å²) in [6.45, 7) is 3.60. The Morgan fingerprint density at radius 1 is 1.47 bits per heavy atom.